The quantitative estimate of drug-likeness (QED) is 0.0195. The number of allylic oxidation sites excluding steroid dienone is 18. The zero-order chi connectivity index (χ0) is 59.1. The first-order valence-corrected chi connectivity index (χ1v) is 33.0. The van der Waals surface area contributed by atoms with Crippen molar-refractivity contribution in [1.82, 2.24) is 0 Å². The average Bonchev–Trinajstić information content (AvgIpc) is 3.44. The van der Waals surface area contributed by atoms with E-state index in [-0.39, 0.29) is 38.6 Å². The number of hydrogen-bond acceptors (Lipinski definition) is 8. The molecule has 0 aromatic carbocycles. The van der Waals surface area contributed by atoms with Gasteiger partial charge >= 0.3 is 11.9 Å². The number of ether oxygens (including phenoxy) is 4. The van der Waals surface area contributed by atoms with Crippen LogP contribution in [0.1, 0.15) is 271 Å². The minimum absolute atomic E-state index is 0.137. The topological polar surface area (TPSA) is 111 Å². The second-order valence-corrected chi connectivity index (χ2v) is 23.0. The Balaban J connectivity index is 4.06. The van der Waals surface area contributed by atoms with Gasteiger partial charge in [0.1, 0.15) is 13.2 Å². The van der Waals surface area contributed by atoms with Crippen LogP contribution in [0.4, 0.5) is 0 Å². The standard InChI is InChI=1S/C72H123NO8/c1-6-8-10-12-14-16-18-20-22-24-26-27-28-29-30-31-32-33-34-35-36-37-38-39-40-41-42-43-45-46-48-50-52-54-56-58-60-62-69(74)79-66-68(67-80-72(71(76)77)78-65-64-73(3,4)5)81-70(75)63-61-59-57-55-53-51-49-47-44-25-23-21-19-17-15-13-11-9-7-2/h8-11,14-17,20-23,26-27,44,47,51,53,68,72H,6-7,12-13,18-19,24-25,28-43,45-46,48-50,52,54-67H2,1-5H3/b10-8-,11-9-,16-14-,17-15-,22-20-,23-21-,27-26-,47-44-,53-51-. The highest BCUT2D eigenvalue weighted by molar-refractivity contribution is 5.70. The number of carboxylic acid groups (broad SMARTS) is 1. The molecule has 0 amide bonds. The molecule has 0 aromatic heterocycles. The number of carbonyl (C=O) groups is 3. The molecule has 0 rings (SSSR count). The molecule has 0 N–H and O–H groups in total. The predicted molar refractivity (Wildman–Crippen MR) is 343 cm³/mol. The van der Waals surface area contributed by atoms with Crippen LogP contribution in [0.25, 0.3) is 0 Å². The minimum Gasteiger partial charge on any atom is -0.545 e. The average molecular weight is 1130 g/mol. The summed E-state index contributed by atoms with van der Waals surface area (Å²) in [5, 5.41) is 11.8. The van der Waals surface area contributed by atoms with Gasteiger partial charge in [0.15, 0.2) is 12.4 Å². The molecule has 464 valence electrons. The Morgan fingerprint density at radius 3 is 1.00 bits per heavy atom. The van der Waals surface area contributed by atoms with Crippen LogP contribution in [0.2, 0.25) is 0 Å². The fourth-order valence-electron chi connectivity index (χ4n) is 9.03. The van der Waals surface area contributed by atoms with Gasteiger partial charge < -0.3 is 33.3 Å². The van der Waals surface area contributed by atoms with Crippen LogP contribution in [0, 0.1) is 0 Å². The molecule has 9 nitrogen and oxygen atoms in total. The lowest BCUT2D eigenvalue weighted by atomic mass is 10.0. The first-order chi connectivity index (χ1) is 39.6. The first-order valence-electron chi connectivity index (χ1n) is 33.0. The number of quaternary nitrogens is 1. The second kappa shape index (κ2) is 62.0. The van der Waals surface area contributed by atoms with Crippen molar-refractivity contribution in [3.63, 3.8) is 0 Å². The fraction of sp³-hybridized carbons (Fsp3) is 0.708. The van der Waals surface area contributed by atoms with E-state index in [1.807, 2.05) is 21.1 Å². The number of unbranched alkanes of at least 4 members (excludes halogenated alkanes) is 27. The third-order valence-electron chi connectivity index (χ3n) is 14.0. The van der Waals surface area contributed by atoms with E-state index in [0.717, 1.165) is 96.3 Å². The third-order valence-corrected chi connectivity index (χ3v) is 14.0. The summed E-state index contributed by atoms with van der Waals surface area (Å²) >= 11 is 0. The molecule has 0 heterocycles. The van der Waals surface area contributed by atoms with Crippen LogP contribution < -0.4 is 5.11 Å². The summed E-state index contributed by atoms with van der Waals surface area (Å²) in [4.78, 5) is 37.4. The Morgan fingerprint density at radius 2 is 0.667 bits per heavy atom. The van der Waals surface area contributed by atoms with E-state index in [9.17, 15) is 19.5 Å². The fourth-order valence-corrected chi connectivity index (χ4v) is 9.03. The summed E-state index contributed by atoms with van der Waals surface area (Å²) in [7, 11) is 5.91. The molecule has 9 heteroatoms. The minimum atomic E-state index is -1.64. The largest absolute Gasteiger partial charge is 0.545 e. The number of esters is 2. The van der Waals surface area contributed by atoms with E-state index < -0.39 is 24.3 Å². The number of likely N-dealkylation sites (N-methyl/N-ethyl adjacent to an activating group) is 1. The van der Waals surface area contributed by atoms with E-state index in [0.29, 0.717) is 17.4 Å². The van der Waals surface area contributed by atoms with Crippen LogP contribution in [-0.2, 0) is 33.3 Å². The number of hydrogen-bond donors (Lipinski definition) is 0. The van der Waals surface area contributed by atoms with Gasteiger partial charge in [0.25, 0.3) is 0 Å². The van der Waals surface area contributed by atoms with Crippen molar-refractivity contribution in [3.8, 4) is 0 Å². The zero-order valence-corrected chi connectivity index (χ0v) is 52.9. The van der Waals surface area contributed by atoms with Gasteiger partial charge in [0.2, 0.25) is 0 Å². The molecule has 0 aliphatic rings. The van der Waals surface area contributed by atoms with Crippen molar-refractivity contribution in [2.24, 2.45) is 0 Å². The molecule has 0 spiro atoms. The van der Waals surface area contributed by atoms with Crippen LogP contribution in [0.3, 0.4) is 0 Å². The highest BCUT2D eigenvalue weighted by Gasteiger charge is 2.22. The highest BCUT2D eigenvalue weighted by Crippen LogP contribution is 2.17. The summed E-state index contributed by atoms with van der Waals surface area (Å²) in [5.41, 5.74) is 0. The van der Waals surface area contributed by atoms with E-state index in [4.69, 9.17) is 18.9 Å². The Morgan fingerprint density at radius 1 is 0.370 bits per heavy atom. The molecule has 2 unspecified atom stereocenters. The molecule has 0 fully saturated rings. The van der Waals surface area contributed by atoms with Gasteiger partial charge in [0, 0.05) is 12.8 Å². The maximum absolute atomic E-state index is 12.9. The normalized spacial score (nSPS) is 13.4. The van der Waals surface area contributed by atoms with Gasteiger partial charge in [-0.05, 0) is 96.3 Å². The lowest BCUT2D eigenvalue weighted by Crippen LogP contribution is -2.44. The Labute approximate surface area is 498 Å². The molecule has 0 radical (unpaired) electrons. The van der Waals surface area contributed by atoms with Crippen molar-refractivity contribution in [1.29, 1.82) is 0 Å². The van der Waals surface area contributed by atoms with Crippen molar-refractivity contribution >= 4 is 17.9 Å². The molecular formula is C72H123NO8. The lowest BCUT2D eigenvalue weighted by Gasteiger charge is -2.26. The SMILES string of the molecule is CC/C=C\C/C=C\C/C=C\C/C=C\C/C=C\CCCCCC(=O)OC(COC(=O)CCCCCCCCCCCCCCCCCCCCCCCCCC/C=C\C/C=C\C/C=C\C/C=C\CC)COC(OCC[N+](C)(C)C)C(=O)[O-]. The van der Waals surface area contributed by atoms with Crippen molar-refractivity contribution < 1.29 is 42.9 Å². The molecule has 2 atom stereocenters. The number of carboxylic acids is 1. The zero-order valence-electron chi connectivity index (χ0n) is 52.9. The molecule has 0 aromatic rings. The van der Waals surface area contributed by atoms with Crippen molar-refractivity contribution in [2.75, 3.05) is 47.5 Å². The summed E-state index contributed by atoms with van der Waals surface area (Å²) in [6.07, 6.45) is 83.2. The maximum Gasteiger partial charge on any atom is 0.306 e. The summed E-state index contributed by atoms with van der Waals surface area (Å²) in [6, 6.07) is 0. The predicted octanol–water partition coefficient (Wildman–Crippen LogP) is 18.9. The molecular weight excluding hydrogens is 1010 g/mol. The second-order valence-electron chi connectivity index (χ2n) is 23.0. The van der Waals surface area contributed by atoms with Crippen LogP contribution >= 0.6 is 0 Å². The Kier molecular flexibility index (Phi) is 58.9. The number of aliphatic carboxylic acids is 1. The summed E-state index contributed by atoms with van der Waals surface area (Å²) in [6.45, 7) is 4.49. The van der Waals surface area contributed by atoms with Gasteiger partial charge in [-0.15, -0.1) is 0 Å². The van der Waals surface area contributed by atoms with Crippen LogP contribution in [0.5, 0.6) is 0 Å². The highest BCUT2D eigenvalue weighted by atomic mass is 16.7. The van der Waals surface area contributed by atoms with Crippen LogP contribution in [-0.4, -0.2) is 82.3 Å². The summed E-state index contributed by atoms with van der Waals surface area (Å²) < 4.78 is 22.7. The Bertz CT molecular complexity index is 1700. The number of rotatable bonds is 60. The van der Waals surface area contributed by atoms with Gasteiger partial charge in [0.05, 0.1) is 40.3 Å². The lowest BCUT2D eigenvalue weighted by molar-refractivity contribution is -0.870. The molecule has 0 saturated carbocycles. The van der Waals surface area contributed by atoms with Gasteiger partial charge in [-0.1, -0.05) is 271 Å². The van der Waals surface area contributed by atoms with Crippen molar-refractivity contribution in [2.45, 2.75) is 283 Å². The van der Waals surface area contributed by atoms with Crippen molar-refractivity contribution in [3.05, 3.63) is 109 Å². The number of nitrogens with zero attached hydrogens (tertiary/aromatic N) is 1. The van der Waals surface area contributed by atoms with E-state index in [1.54, 1.807) is 0 Å². The molecule has 81 heavy (non-hydrogen) atoms. The monoisotopic (exact) mass is 1130 g/mol. The maximum atomic E-state index is 12.9. The molecule has 0 aliphatic heterocycles. The first kappa shape index (κ1) is 77.0. The third kappa shape index (κ3) is 63.4. The van der Waals surface area contributed by atoms with E-state index >= 15 is 0 Å². The Hall–Kier alpha value is -4.05. The van der Waals surface area contributed by atoms with Gasteiger partial charge in [-0.2, -0.15) is 0 Å². The smallest absolute Gasteiger partial charge is 0.306 e. The van der Waals surface area contributed by atoms with E-state index in [2.05, 4.69) is 123 Å². The van der Waals surface area contributed by atoms with E-state index in [1.165, 1.54) is 141 Å². The van der Waals surface area contributed by atoms with Crippen LogP contribution in [0.15, 0.2) is 109 Å². The molecule has 0 bridgehead atoms. The van der Waals surface area contributed by atoms with Gasteiger partial charge in [-0.25, -0.2) is 0 Å². The number of carbonyl (C=O) groups excluding carboxylic acids is 3. The molecule has 0 saturated heterocycles. The molecule has 0 aliphatic carbocycles. The summed E-state index contributed by atoms with van der Waals surface area (Å²) in [5.74, 6) is -2.33. The van der Waals surface area contributed by atoms with Gasteiger partial charge in [-0.3, -0.25) is 9.59 Å².